The van der Waals surface area contributed by atoms with E-state index < -0.39 is 16.6 Å². The summed E-state index contributed by atoms with van der Waals surface area (Å²) < 4.78 is 5.36. The van der Waals surface area contributed by atoms with Gasteiger partial charge in [-0.3, -0.25) is 10.1 Å². The molecule has 19 heavy (non-hydrogen) atoms. The Morgan fingerprint density at radius 3 is 2.84 bits per heavy atom. The third-order valence-corrected chi connectivity index (χ3v) is 2.29. The summed E-state index contributed by atoms with van der Waals surface area (Å²) >= 11 is 5.62. The van der Waals surface area contributed by atoms with Crippen molar-refractivity contribution >= 4 is 23.3 Å². The summed E-state index contributed by atoms with van der Waals surface area (Å²) in [6.07, 6.45) is 2.11. The maximum Gasteiger partial charge on any atom is 0.377 e. The SMILES string of the molecule is COC(=O)c1ncn(-c2ncnc(Cl)c2[N+](=O)[O-])n1. The van der Waals surface area contributed by atoms with Gasteiger partial charge in [-0.1, -0.05) is 11.6 Å². The van der Waals surface area contributed by atoms with Crippen LogP contribution in [-0.2, 0) is 4.74 Å². The predicted molar refractivity (Wildman–Crippen MR) is 60.0 cm³/mol. The van der Waals surface area contributed by atoms with Crippen LogP contribution in [-0.4, -0.2) is 42.7 Å². The molecule has 2 rings (SSSR count). The highest BCUT2D eigenvalue weighted by Crippen LogP contribution is 2.26. The zero-order valence-electron chi connectivity index (χ0n) is 9.35. The lowest BCUT2D eigenvalue weighted by atomic mass is 10.5. The summed E-state index contributed by atoms with van der Waals surface area (Å²) in [5, 5.41) is 14.3. The van der Waals surface area contributed by atoms with Crippen molar-refractivity contribution in [2.75, 3.05) is 7.11 Å². The third kappa shape index (κ3) is 2.33. The van der Waals surface area contributed by atoms with E-state index in [2.05, 4.69) is 24.8 Å². The molecule has 2 heterocycles. The van der Waals surface area contributed by atoms with E-state index >= 15 is 0 Å². The van der Waals surface area contributed by atoms with E-state index in [0.717, 1.165) is 24.4 Å². The lowest BCUT2D eigenvalue weighted by Crippen LogP contribution is -2.08. The van der Waals surface area contributed by atoms with E-state index in [-0.39, 0.29) is 16.8 Å². The zero-order valence-corrected chi connectivity index (χ0v) is 10.1. The quantitative estimate of drug-likeness (QED) is 0.343. The summed E-state index contributed by atoms with van der Waals surface area (Å²) in [5.74, 6) is -1.24. The van der Waals surface area contributed by atoms with Gasteiger partial charge in [-0.2, -0.15) is 4.68 Å². The second-order valence-electron chi connectivity index (χ2n) is 3.10. The van der Waals surface area contributed by atoms with E-state index in [1.54, 1.807) is 0 Å². The molecule has 0 aliphatic heterocycles. The van der Waals surface area contributed by atoms with Crippen LogP contribution >= 0.6 is 11.6 Å². The average Bonchev–Trinajstić information content (AvgIpc) is 2.86. The Hall–Kier alpha value is -2.62. The van der Waals surface area contributed by atoms with Crippen LogP contribution in [0.15, 0.2) is 12.7 Å². The summed E-state index contributed by atoms with van der Waals surface area (Å²) in [4.78, 5) is 32.2. The molecule has 0 saturated carbocycles. The highest BCUT2D eigenvalue weighted by atomic mass is 35.5. The number of carbonyl (C=O) groups excluding carboxylic acids is 1. The van der Waals surface area contributed by atoms with Crippen molar-refractivity contribution in [2.24, 2.45) is 0 Å². The number of hydrogen-bond donors (Lipinski definition) is 0. The largest absolute Gasteiger partial charge is 0.463 e. The van der Waals surface area contributed by atoms with Crippen LogP contribution in [0, 0.1) is 10.1 Å². The predicted octanol–water partition coefficient (Wildman–Crippen LogP) is 0.406. The molecule has 10 nitrogen and oxygen atoms in total. The summed E-state index contributed by atoms with van der Waals surface area (Å²) in [6.45, 7) is 0. The van der Waals surface area contributed by atoms with Gasteiger partial charge in [0.2, 0.25) is 11.0 Å². The van der Waals surface area contributed by atoms with Gasteiger partial charge in [-0.05, 0) is 0 Å². The monoisotopic (exact) mass is 284 g/mol. The number of rotatable bonds is 3. The molecule has 0 saturated heterocycles. The number of hydrogen-bond acceptors (Lipinski definition) is 8. The van der Waals surface area contributed by atoms with E-state index in [9.17, 15) is 14.9 Å². The average molecular weight is 285 g/mol. The number of ether oxygens (including phenoxy) is 1. The Kier molecular flexibility index (Phi) is 3.33. The van der Waals surface area contributed by atoms with Crippen LogP contribution in [0.1, 0.15) is 10.6 Å². The first kappa shape index (κ1) is 12.8. The Morgan fingerprint density at radius 2 is 2.21 bits per heavy atom. The van der Waals surface area contributed by atoms with Crippen molar-refractivity contribution in [3.63, 3.8) is 0 Å². The van der Waals surface area contributed by atoms with E-state index in [1.807, 2.05) is 0 Å². The molecule has 0 N–H and O–H groups in total. The smallest absolute Gasteiger partial charge is 0.377 e. The van der Waals surface area contributed by atoms with Crippen LogP contribution in [0.2, 0.25) is 5.15 Å². The molecule has 2 aromatic rings. The molecule has 11 heteroatoms. The van der Waals surface area contributed by atoms with Crippen LogP contribution in [0.5, 0.6) is 0 Å². The molecular weight excluding hydrogens is 280 g/mol. The molecule has 0 aliphatic carbocycles. The Bertz CT molecular complexity index is 656. The summed E-state index contributed by atoms with van der Waals surface area (Å²) in [5.41, 5.74) is -0.537. The number of nitrogens with zero attached hydrogens (tertiary/aromatic N) is 6. The Morgan fingerprint density at radius 1 is 1.47 bits per heavy atom. The van der Waals surface area contributed by atoms with Gasteiger partial charge in [-0.25, -0.2) is 19.7 Å². The van der Waals surface area contributed by atoms with Crippen LogP contribution in [0.3, 0.4) is 0 Å². The van der Waals surface area contributed by atoms with Crippen molar-refractivity contribution < 1.29 is 14.5 Å². The molecule has 0 unspecified atom stereocenters. The molecule has 0 aliphatic rings. The van der Waals surface area contributed by atoms with Gasteiger partial charge in [0.1, 0.15) is 12.7 Å². The van der Waals surface area contributed by atoms with Gasteiger partial charge >= 0.3 is 11.7 Å². The van der Waals surface area contributed by atoms with Gasteiger partial charge in [0.15, 0.2) is 0 Å². The van der Waals surface area contributed by atoms with Gasteiger partial charge in [0, 0.05) is 0 Å². The normalized spacial score (nSPS) is 10.2. The fraction of sp³-hybridized carbons (Fsp3) is 0.125. The van der Waals surface area contributed by atoms with E-state index in [4.69, 9.17) is 11.6 Å². The number of carbonyl (C=O) groups is 1. The summed E-state index contributed by atoms with van der Waals surface area (Å²) in [6, 6.07) is 0. The fourth-order valence-corrected chi connectivity index (χ4v) is 1.42. The molecule has 0 amide bonds. The van der Waals surface area contributed by atoms with Crippen LogP contribution in [0.4, 0.5) is 5.69 Å². The molecule has 0 fully saturated rings. The van der Waals surface area contributed by atoms with Gasteiger partial charge in [0.25, 0.3) is 5.82 Å². The Labute approximate surface area is 110 Å². The minimum atomic E-state index is -0.776. The van der Waals surface area contributed by atoms with Crippen molar-refractivity contribution in [1.29, 1.82) is 0 Å². The van der Waals surface area contributed by atoms with Gasteiger partial charge < -0.3 is 4.74 Å². The molecular formula is C8H5ClN6O4. The third-order valence-electron chi connectivity index (χ3n) is 2.02. The first-order valence-corrected chi connectivity index (χ1v) is 5.07. The van der Waals surface area contributed by atoms with Crippen LogP contribution < -0.4 is 0 Å². The maximum atomic E-state index is 11.2. The maximum absolute atomic E-state index is 11.2. The second-order valence-corrected chi connectivity index (χ2v) is 3.46. The summed E-state index contributed by atoms with van der Waals surface area (Å²) in [7, 11) is 1.16. The highest BCUT2D eigenvalue weighted by molar-refractivity contribution is 6.31. The molecule has 0 atom stereocenters. The molecule has 0 bridgehead atoms. The van der Waals surface area contributed by atoms with E-state index in [0.29, 0.717) is 0 Å². The molecule has 0 radical (unpaired) electrons. The minimum absolute atomic E-state index is 0.201. The highest BCUT2D eigenvalue weighted by Gasteiger charge is 2.24. The van der Waals surface area contributed by atoms with Crippen LogP contribution in [0.25, 0.3) is 5.82 Å². The minimum Gasteiger partial charge on any atom is -0.463 e. The number of methoxy groups -OCH3 is 1. The van der Waals surface area contributed by atoms with Gasteiger partial charge in [0.05, 0.1) is 12.0 Å². The lowest BCUT2D eigenvalue weighted by molar-refractivity contribution is -0.385. The molecule has 2 aromatic heterocycles. The van der Waals surface area contributed by atoms with E-state index in [1.165, 1.54) is 0 Å². The standard InChI is InChI=1S/C8H5ClN6O4/c1-19-8(16)6-12-3-14(13-6)7-4(15(17)18)5(9)10-2-11-7/h2-3H,1H3. The zero-order chi connectivity index (χ0) is 14.0. The first-order valence-electron chi connectivity index (χ1n) is 4.70. The second kappa shape index (κ2) is 4.94. The van der Waals surface area contributed by atoms with Gasteiger partial charge in [-0.15, -0.1) is 5.10 Å². The number of esters is 1. The number of aromatic nitrogens is 5. The molecule has 98 valence electrons. The Balaban J connectivity index is 2.53. The van der Waals surface area contributed by atoms with Crippen molar-refractivity contribution in [2.45, 2.75) is 0 Å². The topological polar surface area (TPSA) is 126 Å². The van der Waals surface area contributed by atoms with Crippen molar-refractivity contribution in [1.82, 2.24) is 24.7 Å². The number of nitro groups is 1. The van der Waals surface area contributed by atoms with Crippen molar-refractivity contribution in [3.8, 4) is 5.82 Å². The molecule has 0 spiro atoms. The first-order chi connectivity index (χ1) is 9.04. The van der Waals surface area contributed by atoms with Crippen molar-refractivity contribution in [3.05, 3.63) is 33.7 Å². The molecule has 0 aromatic carbocycles. The number of halogens is 1. The lowest BCUT2D eigenvalue weighted by Gasteiger charge is -2.00. The fourth-order valence-electron chi connectivity index (χ4n) is 1.22.